The van der Waals surface area contributed by atoms with Crippen molar-refractivity contribution >= 4 is 35.3 Å². The van der Waals surface area contributed by atoms with E-state index in [1.165, 1.54) is 0 Å². The van der Waals surface area contributed by atoms with Crippen molar-refractivity contribution in [1.82, 2.24) is 0 Å². The molecule has 1 rings (SSSR count). The van der Waals surface area contributed by atoms with Gasteiger partial charge in [0, 0.05) is 12.8 Å². The van der Waals surface area contributed by atoms with E-state index in [-0.39, 0.29) is 6.10 Å². The summed E-state index contributed by atoms with van der Waals surface area (Å²) in [5.41, 5.74) is 0. The molecule has 3 nitrogen and oxygen atoms in total. The fourth-order valence-electron chi connectivity index (χ4n) is 1.61. The number of halogens is 1. The number of rotatable bonds is 4. The van der Waals surface area contributed by atoms with Gasteiger partial charge in [0.05, 0.1) is 18.3 Å². The van der Waals surface area contributed by atoms with E-state index in [1.54, 1.807) is 0 Å². The van der Waals surface area contributed by atoms with E-state index in [2.05, 4.69) is 13.8 Å². The van der Waals surface area contributed by atoms with Gasteiger partial charge in [-0.2, -0.15) is 0 Å². The fourth-order valence-corrected chi connectivity index (χ4v) is 2.16. The van der Waals surface area contributed by atoms with E-state index in [1.807, 2.05) is 23.0 Å². The molecule has 1 fully saturated rings. The molecule has 13 heavy (non-hydrogen) atoms. The molecule has 0 spiro atoms. The van der Waals surface area contributed by atoms with Gasteiger partial charge < -0.3 is 4.74 Å². The van der Waals surface area contributed by atoms with Gasteiger partial charge in [0.15, 0.2) is 12.3 Å². The van der Waals surface area contributed by atoms with Gasteiger partial charge in [-0.25, -0.2) is 2.51 Å². The SMILES string of the molecule is CCC1CC(OSOI)CC(C)O1. The smallest absolute Gasteiger partial charge is 0.169 e. The van der Waals surface area contributed by atoms with Crippen LogP contribution in [0.25, 0.3) is 0 Å². The van der Waals surface area contributed by atoms with Gasteiger partial charge in [-0.3, -0.25) is 4.18 Å². The minimum atomic E-state index is 0.272. The molecule has 0 radical (unpaired) electrons. The zero-order valence-electron chi connectivity index (χ0n) is 7.86. The maximum absolute atomic E-state index is 5.71. The zero-order chi connectivity index (χ0) is 9.68. The highest BCUT2D eigenvalue weighted by Crippen LogP contribution is 2.27. The molecule has 78 valence electrons. The fraction of sp³-hybridized carbons (Fsp3) is 1.00. The summed E-state index contributed by atoms with van der Waals surface area (Å²) in [5, 5.41) is 0. The third-order valence-corrected chi connectivity index (χ3v) is 3.04. The third-order valence-electron chi connectivity index (χ3n) is 2.20. The summed E-state index contributed by atoms with van der Waals surface area (Å²) in [4.78, 5) is 0. The summed E-state index contributed by atoms with van der Waals surface area (Å²) < 4.78 is 15.9. The van der Waals surface area contributed by atoms with Crippen LogP contribution in [-0.4, -0.2) is 18.3 Å². The van der Waals surface area contributed by atoms with Crippen LogP contribution in [-0.2, 0) is 11.4 Å². The Labute approximate surface area is 98.0 Å². The van der Waals surface area contributed by atoms with Crippen LogP contribution in [0.2, 0.25) is 0 Å². The Hall–Kier alpha value is 0.960. The summed E-state index contributed by atoms with van der Waals surface area (Å²) in [6.07, 6.45) is 3.92. The first-order valence-electron chi connectivity index (χ1n) is 4.52. The first-order valence-corrected chi connectivity index (χ1v) is 6.07. The molecule has 0 bridgehead atoms. The minimum Gasteiger partial charge on any atom is -0.375 e. The Bertz CT molecular complexity index is 147. The summed E-state index contributed by atoms with van der Waals surface area (Å²) in [6.45, 7) is 4.23. The molecule has 1 heterocycles. The highest BCUT2D eigenvalue weighted by Gasteiger charge is 2.27. The molecule has 0 saturated carbocycles. The Kier molecular flexibility index (Phi) is 5.96. The van der Waals surface area contributed by atoms with E-state index >= 15 is 0 Å². The van der Waals surface area contributed by atoms with Crippen LogP contribution in [0.3, 0.4) is 0 Å². The van der Waals surface area contributed by atoms with Crippen LogP contribution in [0.5, 0.6) is 0 Å². The van der Waals surface area contributed by atoms with Crippen LogP contribution in [0, 0.1) is 0 Å². The van der Waals surface area contributed by atoms with Crippen molar-refractivity contribution in [2.24, 2.45) is 0 Å². The van der Waals surface area contributed by atoms with E-state index < -0.39 is 0 Å². The van der Waals surface area contributed by atoms with Crippen molar-refractivity contribution in [2.45, 2.75) is 51.4 Å². The molecule has 0 aliphatic carbocycles. The zero-order valence-corrected chi connectivity index (χ0v) is 10.8. The molecule has 0 N–H and O–H groups in total. The average Bonchev–Trinajstić information content (AvgIpc) is 2.14. The Morgan fingerprint density at radius 2 is 2.31 bits per heavy atom. The molecule has 1 saturated heterocycles. The van der Waals surface area contributed by atoms with Crippen molar-refractivity contribution in [3.8, 4) is 0 Å². The summed E-state index contributed by atoms with van der Waals surface area (Å²) in [7, 11) is 0. The summed E-state index contributed by atoms with van der Waals surface area (Å²) in [5.74, 6) is 0. The van der Waals surface area contributed by atoms with Crippen LogP contribution >= 0.6 is 35.3 Å². The van der Waals surface area contributed by atoms with Gasteiger partial charge in [-0.15, -0.1) is 0 Å². The highest BCUT2D eigenvalue weighted by atomic mass is 127. The lowest BCUT2D eigenvalue weighted by molar-refractivity contribution is -0.0784. The Morgan fingerprint density at radius 3 is 2.92 bits per heavy atom. The van der Waals surface area contributed by atoms with Crippen molar-refractivity contribution in [3.63, 3.8) is 0 Å². The van der Waals surface area contributed by atoms with E-state index in [0.29, 0.717) is 12.2 Å². The molecular formula is C8H15IO3S. The van der Waals surface area contributed by atoms with Gasteiger partial charge in [0.1, 0.15) is 23.0 Å². The first kappa shape index (κ1) is 12.0. The topological polar surface area (TPSA) is 27.7 Å². The Morgan fingerprint density at radius 1 is 1.54 bits per heavy atom. The molecule has 1 aliphatic rings. The third kappa shape index (κ3) is 4.33. The van der Waals surface area contributed by atoms with Crippen LogP contribution in [0.15, 0.2) is 0 Å². The molecule has 0 amide bonds. The molecule has 1 aliphatic heterocycles. The van der Waals surface area contributed by atoms with Gasteiger partial charge in [-0.05, 0) is 13.3 Å². The summed E-state index contributed by atoms with van der Waals surface area (Å²) >= 11 is 2.87. The predicted molar refractivity (Wildman–Crippen MR) is 61.4 cm³/mol. The standard InChI is InChI=1S/C8H15IO3S/c1-3-7-5-8(11-13-12-9)4-6(2)10-7/h6-8H,3-5H2,1-2H3. The lowest BCUT2D eigenvalue weighted by atomic mass is 10.0. The van der Waals surface area contributed by atoms with Crippen LogP contribution in [0.1, 0.15) is 33.1 Å². The second-order valence-electron chi connectivity index (χ2n) is 3.30. The Balaban J connectivity index is 2.29. The number of hydrogen-bond acceptors (Lipinski definition) is 4. The monoisotopic (exact) mass is 318 g/mol. The molecular weight excluding hydrogens is 303 g/mol. The lowest BCUT2D eigenvalue weighted by Crippen LogP contribution is -2.34. The largest absolute Gasteiger partial charge is 0.375 e. The summed E-state index contributed by atoms with van der Waals surface area (Å²) in [6, 6.07) is 0. The molecule has 0 aromatic heterocycles. The minimum absolute atomic E-state index is 0.272. The van der Waals surface area contributed by atoms with E-state index in [9.17, 15) is 0 Å². The molecule has 3 atom stereocenters. The van der Waals surface area contributed by atoms with E-state index in [4.69, 9.17) is 11.4 Å². The van der Waals surface area contributed by atoms with E-state index in [0.717, 1.165) is 31.6 Å². The molecule has 5 heteroatoms. The van der Waals surface area contributed by atoms with Gasteiger partial charge in [-0.1, -0.05) is 6.92 Å². The van der Waals surface area contributed by atoms with Crippen molar-refractivity contribution in [3.05, 3.63) is 0 Å². The van der Waals surface area contributed by atoms with Crippen LogP contribution < -0.4 is 0 Å². The average molecular weight is 318 g/mol. The number of hydrogen-bond donors (Lipinski definition) is 0. The maximum Gasteiger partial charge on any atom is 0.169 e. The quantitative estimate of drug-likeness (QED) is 0.587. The second kappa shape index (κ2) is 6.44. The highest BCUT2D eigenvalue weighted by molar-refractivity contribution is 14.1. The first-order chi connectivity index (χ1) is 6.26. The normalized spacial score (nSPS) is 34.8. The molecule has 0 aromatic carbocycles. The maximum atomic E-state index is 5.71. The second-order valence-corrected chi connectivity index (χ2v) is 4.83. The van der Waals surface area contributed by atoms with Crippen molar-refractivity contribution in [1.29, 1.82) is 0 Å². The van der Waals surface area contributed by atoms with Gasteiger partial charge in [0.25, 0.3) is 0 Å². The van der Waals surface area contributed by atoms with Crippen molar-refractivity contribution in [2.75, 3.05) is 0 Å². The number of ether oxygens (including phenoxy) is 1. The van der Waals surface area contributed by atoms with Gasteiger partial charge in [0.2, 0.25) is 0 Å². The van der Waals surface area contributed by atoms with Gasteiger partial charge >= 0.3 is 0 Å². The lowest BCUT2D eigenvalue weighted by Gasteiger charge is -2.32. The predicted octanol–water partition coefficient (Wildman–Crippen LogP) is 3.28. The molecule has 3 unspecified atom stereocenters. The van der Waals surface area contributed by atoms with Crippen molar-refractivity contribution < 1.29 is 11.4 Å². The van der Waals surface area contributed by atoms with Crippen LogP contribution in [0.4, 0.5) is 0 Å². The molecule has 0 aromatic rings.